The summed E-state index contributed by atoms with van der Waals surface area (Å²) < 4.78 is 26.2. The number of nitrogens with one attached hydrogen (secondary N) is 1. The highest BCUT2D eigenvalue weighted by atomic mass is 35.5. The van der Waals surface area contributed by atoms with Gasteiger partial charge >= 0.3 is 0 Å². The number of nitrogens with zero attached hydrogens (tertiary/aromatic N) is 2. The molecule has 0 aromatic heterocycles. The van der Waals surface area contributed by atoms with Crippen LogP contribution in [0, 0.1) is 0 Å². The molecule has 0 radical (unpaired) electrons. The van der Waals surface area contributed by atoms with Crippen LogP contribution in [0.4, 0.5) is 5.69 Å². The van der Waals surface area contributed by atoms with E-state index in [0.717, 1.165) is 17.4 Å². The second kappa shape index (κ2) is 13.6. The molecule has 2 amide bonds. The van der Waals surface area contributed by atoms with Crippen molar-refractivity contribution in [3.8, 4) is 0 Å². The first-order valence-electron chi connectivity index (χ1n) is 12.1. The zero-order chi connectivity index (χ0) is 27.7. The first-order chi connectivity index (χ1) is 18.1. The largest absolute Gasteiger partial charge is 0.357 e. The Bertz CT molecular complexity index is 1340. The van der Waals surface area contributed by atoms with Gasteiger partial charge < -0.3 is 10.2 Å². The third kappa shape index (κ3) is 8.48. The average molecular weight is 577 g/mol. The molecular weight excluding hydrogens is 545 g/mol. The van der Waals surface area contributed by atoms with E-state index in [0.29, 0.717) is 22.2 Å². The van der Waals surface area contributed by atoms with Crippen LogP contribution < -0.4 is 9.62 Å². The zero-order valence-corrected chi connectivity index (χ0v) is 23.6. The summed E-state index contributed by atoms with van der Waals surface area (Å²) in [5, 5.41) is 3.70. The first kappa shape index (κ1) is 29.5. The lowest BCUT2D eigenvalue weighted by Gasteiger charge is -2.31. The van der Waals surface area contributed by atoms with Crippen molar-refractivity contribution in [2.75, 3.05) is 24.2 Å². The van der Waals surface area contributed by atoms with Crippen molar-refractivity contribution < 1.29 is 18.0 Å². The van der Waals surface area contributed by atoms with E-state index in [-0.39, 0.29) is 37.7 Å². The third-order valence-electron chi connectivity index (χ3n) is 6.03. The lowest BCUT2D eigenvalue weighted by atomic mass is 10.0. The molecule has 0 spiro atoms. The number of anilines is 1. The number of halogens is 2. The van der Waals surface area contributed by atoms with E-state index < -0.39 is 16.1 Å². The number of hydrogen-bond donors (Lipinski definition) is 1. The lowest BCUT2D eigenvalue weighted by molar-refractivity contribution is -0.141. The molecule has 10 heteroatoms. The fraction of sp³-hybridized carbons (Fsp3) is 0.286. The second-order valence-electron chi connectivity index (χ2n) is 8.89. The lowest BCUT2D eigenvalue weighted by Crippen LogP contribution is -2.49. The standard InChI is InChI=1S/C28H31Cl2N3O4S/c1-31-28(35)26(19-21-8-4-3-5-9-21)32(20-22-10-6-11-24(30)18-22)27(34)12-7-17-33(38(2,36)37)25-15-13-23(29)14-16-25/h3-6,8-11,13-16,18,26H,7,12,17,19-20H2,1-2H3,(H,31,35). The summed E-state index contributed by atoms with van der Waals surface area (Å²) in [7, 11) is -2.05. The molecule has 1 unspecified atom stereocenters. The molecular formula is C28H31Cl2N3O4S. The molecule has 3 aromatic carbocycles. The maximum Gasteiger partial charge on any atom is 0.242 e. The predicted octanol–water partition coefficient (Wildman–Crippen LogP) is 4.93. The van der Waals surface area contributed by atoms with E-state index in [1.807, 2.05) is 36.4 Å². The van der Waals surface area contributed by atoms with Gasteiger partial charge in [-0.3, -0.25) is 13.9 Å². The minimum Gasteiger partial charge on any atom is -0.357 e. The summed E-state index contributed by atoms with van der Waals surface area (Å²) in [6.07, 6.45) is 1.75. The van der Waals surface area contributed by atoms with Crippen molar-refractivity contribution >= 4 is 50.7 Å². The van der Waals surface area contributed by atoms with E-state index in [9.17, 15) is 18.0 Å². The van der Waals surface area contributed by atoms with E-state index in [2.05, 4.69) is 5.32 Å². The molecule has 0 bridgehead atoms. The molecule has 0 saturated carbocycles. The number of carbonyl (C=O) groups excluding carboxylic acids is 2. The number of amides is 2. The Morgan fingerprint density at radius 1 is 0.895 bits per heavy atom. The van der Waals surface area contributed by atoms with Crippen LogP contribution in [-0.4, -0.2) is 51.0 Å². The van der Waals surface area contributed by atoms with Crippen molar-refractivity contribution in [3.63, 3.8) is 0 Å². The summed E-state index contributed by atoms with van der Waals surface area (Å²) in [5.41, 5.74) is 2.16. The molecule has 202 valence electrons. The third-order valence-corrected chi connectivity index (χ3v) is 7.71. The van der Waals surface area contributed by atoms with E-state index in [1.165, 1.54) is 4.31 Å². The Balaban J connectivity index is 1.84. The summed E-state index contributed by atoms with van der Waals surface area (Å²) in [5.74, 6) is -0.553. The van der Waals surface area contributed by atoms with Gasteiger partial charge in [0.1, 0.15) is 6.04 Å². The van der Waals surface area contributed by atoms with Crippen LogP contribution in [0.2, 0.25) is 10.0 Å². The number of likely N-dealkylation sites (N-methyl/N-ethyl adjacent to an activating group) is 1. The highest BCUT2D eigenvalue weighted by Crippen LogP contribution is 2.22. The highest BCUT2D eigenvalue weighted by molar-refractivity contribution is 7.92. The molecule has 3 rings (SSSR count). The first-order valence-corrected chi connectivity index (χ1v) is 14.7. The Labute approximate surface area is 234 Å². The van der Waals surface area contributed by atoms with Crippen LogP contribution in [0.15, 0.2) is 78.9 Å². The van der Waals surface area contributed by atoms with Gasteiger partial charge in [0, 0.05) is 43.0 Å². The van der Waals surface area contributed by atoms with Gasteiger partial charge in [-0.2, -0.15) is 0 Å². The monoisotopic (exact) mass is 575 g/mol. The number of rotatable bonds is 12. The van der Waals surface area contributed by atoms with Gasteiger partial charge in [-0.25, -0.2) is 8.42 Å². The summed E-state index contributed by atoms with van der Waals surface area (Å²) in [6, 6.07) is 22.3. The highest BCUT2D eigenvalue weighted by Gasteiger charge is 2.30. The van der Waals surface area contributed by atoms with E-state index >= 15 is 0 Å². The van der Waals surface area contributed by atoms with Crippen LogP contribution in [0.25, 0.3) is 0 Å². The Morgan fingerprint density at radius 2 is 1.55 bits per heavy atom. The number of sulfonamides is 1. The SMILES string of the molecule is CNC(=O)C(Cc1ccccc1)N(Cc1cccc(Cl)c1)C(=O)CCCN(c1ccc(Cl)cc1)S(C)(=O)=O. The van der Waals surface area contributed by atoms with Gasteiger partial charge in [0.25, 0.3) is 0 Å². The van der Waals surface area contributed by atoms with Crippen LogP contribution in [-0.2, 0) is 32.6 Å². The predicted molar refractivity (Wildman–Crippen MR) is 153 cm³/mol. The Morgan fingerprint density at radius 3 is 2.16 bits per heavy atom. The summed E-state index contributed by atoms with van der Waals surface area (Å²) in [4.78, 5) is 28.2. The van der Waals surface area contributed by atoms with Gasteiger partial charge in [0.15, 0.2) is 0 Å². The van der Waals surface area contributed by atoms with Crippen LogP contribution >= 0.6 is 23.2 Å². The number of carbonyl (C=O) groups is 2. The molecule has 0 saturated heterocycles. The summed E-state index contributed by atoms with van der Waals surface area (Å²) >= 11 is 12.1. The molecule has 1 N–H and O–H groups in total. The Kier molecular flexibility index (Phi) is 10.6. The van der Waals surface area contributed by atoms with Gasteiger partial charge in [-0.1, -0.05) is 65.7 Å². The normalized spacial score (nSPS) is 12.0. The minimum absolute atomic E-state index is 0.0441. The van der Waals surface area contributed by atoms with Gasteiger partial charge in [-0.15, -0.1) is 0 Å². The van der Waals surface area contributed by atoms with Crippen molar-refractivity contribution in [1.29, 1.82) is 0 Å². The fourth-order valence-corrected chi connectivity index (χ4v) is 5.47. The van der Waals surface area contributed by atoms with Crippen molar-refractivity contribution in [3.05, 3.63) is 100 Å². The van der Waals surface area contributed by atoms with Gasteiger partial charge in [-0.05, 0) is 53.9 Å². The van der Waals surface area contributed by atoms with E-state index in [1.54, 1.807) is 54.4 Å². The van der Waals surface area contributed by atoms with Crippen molar-refractivity contribution in [1.82, 2.24) is 10.2 Å². The molecule has 3 aromatic rings. The maximum atomic E-state index is 13.6. The number of benzene rings is 3. The fourth-order valence-electron chi connectivity index (χ4n) is 4.16. The molecule has 1 atom stereocenters. The molecule has 0 aliphatic rings. The van der Waals surface area contributed by atoms with Crippen molar-refractivity contribution in [2.24, 2.45) is 0 Å². The van der Waals surface area contributed by atoms with Crippen LogP contribution in [0.5, 0.6) is 0 Å². The van der Waals surface area contributed by atoms with Gasteiger partial charge in [0.2, 0.25) is 21.8 Å². The zero-order valence-electron chi connectivity index (χ0n) is 21.3. The Hall–Kier alpha value is -3.07. The van der Waals surface area contributed by atoms with Crippen LogP contribution in [0.3, 0.4) is 0 Å². The molecule has 38 heavy (non-hydrogen) atoms. The topological polar surface area (TPSA) is 86.8 Å². The molecule has 0 fully saturated rings. The summed E-state index contributed by atoms with van der Waals surface area (Å²) in [6.45, 7) is 0.276. The van der Waals surface area contributed by atoms with Crippen LogP contribution in [0.1, 0.15) is 24.0 Å². The average Bonchev–Trinajstić information content (AvgIpc) is 2.88. The van der Waals surface area contributed by atoms with Crippen molar-refractivity contribution in [2.45, 2.75) is 31.8 Å². The molecule has 7 nitrogen and oxygen atoms in total. The van der Waals surface area contributed by atoms with E-state index in [4.69, 9.17) is 23.2 Å². The maximum absolute atomic E-state index is 13.6. The minimum atomic E-state index is -3.59. The number of hydrogen-bond acceptors (Lipinski definition) is 4. The smallest absolute Gasteiger partial charge is 0.242 e. The molecule has 0 aliphatic carbocycles. The second-order valence-corrected chi connectivity index (χ2v) is 11.7. The van der Waals surface area contributed by atoms with Gasteiger partial charge in [0.05, 0.1) is 11.9 Å². The molecule has 0 aliphatic heterocycles. The molecule has 0 heterocycles. The quantitative estimate of drug-likeness (QED) is 0.332.